The van der Waals surface area contributed by atoms with Crippen molar-refractivity contribution in [2.75, 3.05) is 7.11 Å². The van der Waals surface area contributed by atoms with Crippen LogP contribution in [-0.2, 0) is 0 Å². The van der Waals surface area contributed by atoms with E-state index in [1.54, 1.807) is 30.5 Å². The van der Waals surface area contributed by atoms with E-state index in [2.05, 4.69) is 20.9 Å². The molecule has 1 heterocycles. The predicted molar refractivity (Wildman–Crippen MR) is 105 cm³/mol. The molecule has 0 radical (unpaired) electrons. The first-order valence-electron chi connectivity index (χ1n) is 7.91. The van der Waals surface area contributed by atoms with Crippen LogP contribution in [0.15, 0.2) is 71.3 Å². The lowest BCUT2D eigenvalue weighted by atomic mass is 10.1. The number of esters is 1. The zero-order valence-corrected chi connectivity index (χ0v) is 15.6. The Balaban J connectivity index is 1.80. The summed E-state index contributed by atoms with van der Waals surface area (Å²) in [7, 11) is 1.54. The Kier molecular flexibility index (Phi) is 5.81. The molecule has 4 nitrogen and oxygen atoms in total. The number of nitrogens with zero attached hydrogens (tertiary/aromatic N) is 1. The summed E-state index contributed by atoms with van der Waals surface area (Å²) in [6, 6.07) is 18.2. The van der Waals surface area contributed by atoms with Crippen LogP contribution in [0.25, 0.3) is 12.2 Å². The maximum atomic E-state index is 12.4. The van der Waals surface area contributed by atoms with Crippen LogP contribution in [0.5, 0.6) is 11.5 Å². The van der Waals surface area contributed by atoms with E-state index in [1.807, 2.05) is 48.6 Å². The highest BCUT2D eigenvalue weighted by molar-refractivity contribution is 9.10. The molecule has 0 N–H and O–H groups in total. The van der Waals surface area contributed by atoms with E-state index in [-0.39, 0.29) is 0 Å². The van der Waals surface area contributed by atoms with Gasteiger partial charge in [-0.15, -0.1) is 0 Å². The molecule has 0 saturated heterocycles. The molecular weight excluding hydrogens is 394 g/mol. The van der Waals surface area contributed by atoms with Crippen molar-refractivity contribution in [1.29, 1.82) is 0 Å². The van der Waals surface area contributed by atoms with Crippen molar-refractivity contribution in [1.82, 2.24) is 4.98 Å². The van der Waals surface area contributed by atoms with Gasteiger partial charge in [0.05, 0.1) is 18.4 Å². The minimum Gasteiger partial charge on any atom is -0.493 e. The zero-order chi connectivity index (χ0) is 18.4. The summed E-state index contributed by atoms with van der Waals surface area (Å²) in [5.74, 6) is 0.393. The molecule has 0 aliphatic heterocycles. The summed E-state index contributed by atoms with van der Waals surface area (Å²) in [4.78, 5) is 16.6. The number of pyridine rings is 1. The highest BCUT2D eigenvalue weighted by Crippen LogP contribution is 2.30. The van der Waals surface area contributed by atoms with Crippen LogP contribution >= 0.6 is 15.9 Å². The molecule has 3 aromatic rings. The fourth-order valence-corrected chi connectivity index (χ4v) is 2.76. The van der Waals surface area contributed by atoms with Gasteiger partial charge in [-0.25, -0.2) is 4.79 Å². The van der Waals surface area contributed by atoms with Crippen LogP contribution < -0.4 is 9.47 Å². The molecule has 0 aliphatic rings. The van der Waals surface area contributed by atoms with Crippen LogP contribution in [-0.4, -0.2) is 18.1 Å². The summed E-state index contributed by atoms with van der Waals surface area (Å²) < 4.78 is 11.5. The van der Waals surface area contributed by atoms with E-state index in [1.165, 1.54) is 7.11 Å². The summed E-state index contributed by atoms with van der Waals surface area (Å²) in [6.07, 6.45) is 5.57. The number of methoxy groups -OCH3 is 1. The van der Waals surface area contributed by atoms with Crippen molar-refractivity contribution in [2.24, 2.45) is 0 Å². The second kappa shape index (κ2) is 8.45. The van der Waals surface area contributed by atoms with Gasteiger partial charge in [0.2, 0.25) is 0 Å². The largest absolute Gasteiger partial charge is 0.493 e. The lowest BCUT2D eigenvalue weighted by Crippen LogP contribution is -2.10. The maximum absolute atomic E-state index is 12.4. The topological polar surface area (TPSA) is 48.4 Å². The normalized spacial score (nSPS) is 10.7. The van der Waals surface area contributed by atoms with Crippen molar-refractivity contribution in [3.63, 3.8) is 0 Å². The minimum absolute atomic E-state index is 0.364. The third kappa shape index (κ3) is 4.37. The maximum Gasteiger partial charge on any atom is 0.344 e. The monoisotopic (exact) mass is 409 g/mol. The van der Waals surface area contributed by atoms with E-state index in [0.29, 0.717) is 21.5 Å². The van der Waals surface area contributed by atoms with Crippen molar-refractivity contribution in [3.8, 4) is 11.5 Å². The van der Waals surface area contributed by atoms with Gasteiger partial charge >= 0.3 is 5.97 Å². The van der Waals surface area contributed by atoms with Gasteiger partial charge in [0.25, 0.3) is 0 Å². The fourth-order valence-electron chi connectivity index (χ4n) is 2.31. The first kappa shape index (κ1) is 17.9. The molecule has 0 fully saturated rings. The Hall–Kier alpha value is -2.92. The van der Waals surface area contributed by atoms with Gasteiger partial charge in [-0.3, -0.25) is 4.98 Å². The van der Waals surface area contributed by atoms with Gasteiger partial charge in [0.1, 0.15) is 0 Å². The van der Waals surface area contributed by atoms with Gasteiger partial charge in [-0.05, 0) is 64.0 Å². The number of hydrogen-bond acceptors (Lipinski definition) is 4. The van der Waals surface area contributed by atoms with Crippen molar-refractivity contribution < 1.29 is 14.3 Å². The highest BCUT2D eigenvalue weighted by atomic mass is 79.9. The number of carbonyl (C=O) groups excluding carboxylic acids is 1. The standard InChI is InChI=1S/C21H16BrNO3/c1-25-20-14-15(9-11-16-6-4-5-13-23-16)10-12-19(20)26-21(24)17-7-2-3-8-18(17)22/h2-14H,1H3/b11-9+. The van der Waals surface area contributed by atoms with E-state index >= 15 is 0 Å². The first-order valence-corrected chi connectivity index (χ1v) is 8.70. The summed E-state index contributed by atoms with van der Waals surface area (Å²) in [6.45, 7) is 0. The SMILES string of the molecule is COc1cc(/C=C/c2ccccn2)ccc1OC(=O)c1ccccc1Br. The van der Waals surface area contributed by atoms with Gasteiger partial charge in [-0.2, -0.15) is 0 Å². The molecule has 0 spiro atoms. The number of ether oxygens (including phenoxy) is 2. The first-order chi connectivity index (χ1) is 12.7. The molecule has 2 aromatic carbocycles. The minimum atomic E-state index is -0.451. The average Bonchev–Trinajstić information content (AvgIpc) is 2.68. The molecule has 26 heavy (non-hydrogen) atoms. The summed E-state index contributed by atoms with van der Waals surface area (Å²) in [5, 5.41) is 0. The number of hydrogen-bond donors (Lipinski definition) is 0. The predicted octanol–water partition coefficient (Wildman–Crippen LogP) is 5.24. The smallest absolute Gasteiger partial charge is 0.344 e. The Morgan fingerprint density at radius 1 is 1.00 bits per heavy atom. The van der Waals surface area contributed by atoms with Crippen LogP contribution in [0.1, 0.15) is 21.6 Å². The molecular formula is C21H16BrNO3. The molecule has 0 atom stereocenters. The van der Waals surface area contributed by atoms with Crippen LogP contribution in [0.4, 0.5) is 0 Å². The average molecular weight is 410 g/mol. The molecule has 130 valence electrons. The van der Waals surface area contributed by atoms with E-state index in [0.717, 1.165) is 11.3 Å². The molecule has 5 heteroatoms. The molecule has 3 rings (SSSR count). The Bertz CT molecular complexity index is 939. The summed E-state index contributed by atoms with van der Waals surface area (Å²) >= 11 is 3.35. The lowest BCUT2D eigenvalue weighted by Gasteiger charge is -2.10. The third-order valence-corrected chi connectivity index (χ3v) is 4.31. The fraction of sp³-hybridized carbons (Fsp3) is 0.0476. The summed E-state index contributed by atoms with van der Waals surface area (Å²) in [5.41, 5.74) is 2.22. The van der Waals surface area contributed by atoms with Crippen LogP contribution in [0, 0.1) is 0 Å². The molecule has 0 unspecified atom stereocenters. The van der Waals surface area contributed by atoms with Crippen LogP contribution in [0.3, 0.4) is 0 Å². The number of aromatic nitrogens is 1. The van der Waals surface area contributed by atoms with Gasteiger partial charge in [0.15, 0.2) is 11.5 Å². The number of carbonyl (C=O) groups is 1. The van der Waals surface area contributed by atoms with Gasteiger partial charge < -0.3 is 9.47 Å². The van der Waals surface area contributed by atoms with E-state index in [9.17, 15) is 4.79 Å². The van der Waals surface area contributed by atoms with E-state index < -0.39 is 5.97 Å². The lowest BCUT2D eigenvalue weighted by molar-refractivity contribution is 0.0729. The Labute approximate surface area is 160 Å². The molecule has 1 aromatic heterocycles. The van der Waals surface area contributed by atoms with Gasteiger partial charge in [-0.1, -0.05) is 30.3 Å². The molecule has 0 saturated carbocycles. The van der Waals surface area contributed by atoms with Gasteiger partial charge in [0, 0.05) is 10.7 Å². The quantitative estimate of drug-likeness (QED) is 0.426. The van der Waals surface area contributed by atoms with Crippen LogP contribution in [0.2, 0.25) is 0 Å². The van der Waals surface area contributed by atoms with Crippen molar-refractivity contribution >= 4 is 34.1 Å². The Morgan fingerprint density at radius 2 is 1.81 bits per heavy atom. The number of rotatable bonds is 5. The van der Waals surface area contributed by atoms with Crippen molar-refractivity contribution in [3.05, 3.63) is 88.2 Å². The third-order valence-electron chi connectivity index (χ3n) is 3.62. The number of halogens is 1. The van der Waals surface area contributed by atoms with E-state index in [4.69, 9.17) is 9.47 Å². The molecule has 0 bridgehead atoms. The number of benzene rings is 2. The Morgan fingerprint density at radius 3 is 2.54 bits per heavy atom. The second-order valence-corrected chi connectivity index (χ2v) is 6.22. The second-order valence-electron chi connectivity index (χ2n) is 5.37. The molecule has 0 amide bonds. The zero-order valence-electron chi connectivity index (χ0n) is 14.1. The molecule has 0 aliphatic carbocycles. The van der Waals surface area contributed by atoms with Crippen molar-refractivity contribution in [2.45, 2.75) is 0 Å². The highest BCUT2D eigenvalue weighted by Gasteiger charge is 2.14.